The minimum Gasteiger partial charge on any atom is -0.147 e. The molecule has 0 spiro atoms. The first-order valence-corrected chi connectivity index (χ1v) is 5.40. The van der Waals surface area contributed by atoms with Crippen molar-refractivity contribution in [2.24, 2.45) is 0 Å². The Balaban J connectivity index is 0. The maximum Gasteiger partial charge on any atom is 2.00 e. The normalized spacial score (nSPS) is 11.2. The molecule has 20 heavy (non-hydrogen) atoms. The van der Waals surface area contributed by atoms with Crippen LogP contribution in [0.25, 0.3) is 10.8 Å². The van der Waals surface area contributed by atoms with Gasteiger partial charge in [-0.25, -0.2) is 0 Å². The van der Waals surface area contributed by atoms with Crippen molar-refractivity contribution in [1.82, 2.24) is 0 Å². The van der Waals surface area contributed by atoms with Gasteiger partial charge in [0.1, 0.15) is 0 Å². The molecule has 1 aliphatic rings. The second-order valence-electron chi connectivity index (χ2n) is 3.22. The summed E-state index contributed by atoms with van der Waals surface area (Å²) in [5, 5.41) is 2.44. The van der Waals surface area contributed by atoms with Gasteiger partial charge in [0.05, 0.1) is 0 Å². The molecule has 1 aliphatic carbocycles. The first kappa shape index (κ1) is 21.0. The molecular weight excluding hydrogens is 292 g/mol. The molecule has 1 saturated carbocycles. The van der Waals surface area contributed by atoms with Gasteiger partial charge < -0.3 is 0 Å². The van der Waals surface area contributed by atoms with Gasteiger partial charge in [0.25, 0.3) is 0 Å². The van der Waals surface area contributed by atoms with Crippen molar-refractivity contribution in [3.8, 4) is 0 Å². The fraction of sp³-hybridized carbons (Fsp3) is 0. The maximum absolute atomic E-state index is 7.50. The molecule has 1 fully saturated rings. The zero-order chi connectivity index (χ0) is 14.3. The van der Waals surface area contributed by atoms with Crippen molar-refractivity contribution in [2.75, 3.05) is 0 Å². The van der Waals surface area contributed by atoms with Gasteiger partial charge in [0, 0.05) is 0 Å². The number of hydrogen-bond donors (Lipinski definition) is 0. The minimum atomic E-state index is 0. The van der Waals surface area contributed by atoms with Crippen LogP contribution in [0.5, 0.6) is 0 Å². The monoisotopic (exact) mass is 304 g/mol. The molecule has 3 rings (SSSR count). The molecule has 0 bridgehead atoms. The van der Waals surface area contributed by atoms with Crippen LogP contribution in [0, 0.1) is 51.5 Å². The fourth-order valence-corrected chi connectivity index (χ4v) is 1.38. The summed E-state index contributed by atoms with van der Waals surface area (Å²) < 4.78 is 15.0. The molecule has 0 N–H and O–H groups in total. The van der Waals surface area contributed by atoms with Crippen molar-refractivity contribution in [3.63, 3.8) is 0 Å². The Morgan fingerprint density at radius 3 is 1.65 bits per heavy atom. The van der Waals surface area contributed by atoms with E-state index in [2.05, 4.69) is 37.6 Å². The van der Waals surface area contributed by atoms with Gasteiger partial charge in [-0.15, -0.1) is 47.2 Å². The van der Waals surface area contributed by atoms with Crippen molar-refractivity contribution in [3.05, 3.63) is 93.9 Å². The Labute approximate surface area is 131 Å². The van der Waals surface area contributed by atoms with E-state index in [0.717, 1.165) is 0 Å². The van der Waals surface area contributed by atoms with E-state index < -0.39 is 0 Å². The predicted molar refractivity (Wildman–Crippen MR) is 72.1 cm³/mol. The largest absolute Gasteiger partial charge is 2.00 e. The van der Waals surface area contributed by atoms with Crippen LogP contribution >= 0.6 is 0 Å². The summed E-state index contributed by atoms with van der Waals surface area (Å²) in [5.74, 6) is 0. The quantitative estimate of drug-likeness (QED) is 0.405. The maximum atomic E-state index is 7.50. The number of benzene rings is 2. The first-order valence-electron chi connectivity index (χ1n) is 5.40. The van der Waals surface area contributed by atoms with Crippen LogP contribution in [-0.4, -0.2) is 0 Å². The van der Waals surface area contributed by atoms with Crippen LogP contribution in [0.2, 0.25) is 0 Å². The Bertz CT molecular complexity index is 408. The van der Waals surface area contributed by atoms with Crippen LogP contribution < -0.4 is 0 Å². The summed E-state index contributed by atoms with van der Waals surface area (Å²) in [4.78, 5) is 0. The average Bonchev–Trinajstić information content (AvgIpc) is 3.11. The van der Waals surface area contributed by atoms with Crippen molar-refractivity contribution in [2.45, 2.75) is 0 Å². The topological polar surface area (TPSA) is 39.8 Å². The minimum absolute atomic E-state index is 0. The molecule has 0 unspecified atom stereocenters. The van der Waals surface area contributed by atoms with Crippen LogP contribution in [0.3, 0.4) is 0 Å². The third-order valence-corrected chi connectivity index (χ3v) is 2.13. The summed E-state index contributed by atoms with van der Waals surface area (Å²) in [6.07, 6.45) is 10.0. The molecule has 0 aliphatic heterocycles. The van der Waals surface area contributed by atoms with E-state index in [1.807, 2.05) is 56.4 Å². The second-order valence-corrected chi connectivity index (χ2v) is 3.22. The van der Waals surface area contributed by atoms with E-state index in [0.29, 0.717) is 0 Å². The third-order valence-electron chi connectivity index (χ3n) is 2.13. The molecule has 2 nitrogen and oxygen atoms in total. The number of fused-ring (bicyclic) bond motifs is 1. The molecule has 0 saturated heterocycles. The molecule has 99 valence electrons. The van der Waals surface area contributed by atoms with Gasteiger partial charge in [-0.3, -0.25) is 0 Å². The molecule has 2 aromatic rings. The van der Waals surface area contributed by atoms with Crippen LogP contribution in [-0.2, 0) is 26.4 Å². The van der Waals surface area contributed by atoms with Gasteiger partial charge in [-0.2, -0.15) is 0 Å². The van der Waals surface area contributed by atoms with Gasteiger partial charge >= 0.3 is 39.7 Å². The molecule has 0 atom stereocenters. The molecule has 0 heterocycles. The zero-order valence-corrected chi connectivity index (χ0v) is 11.7. The predicted octanol–water partition coefficient (Wildman–Crippen LogP) is 3.58. The molecular formula is C17H12FeO2+. The number of rotatable bonds is 0. The SMILES string of the molecule is [C-]#[O+].[C-]#[O+].[CH]1[CH][CH][CH][CH]1.[Fe+2].[c-]1cccc2ccccc12. The summed E-state index contributed by atoms with van der Waals surface area (Å²) in [6.45, 7) is 9.00. The molecule has 5 radical (unpaired) electrons. The first-order chi connectivity index (χ1) is 9.47. The molecule has 2 aromatic carbocycles. The average molecular weight is 304 g/mol. The molecule has 3 heteroatoms. The zero-order valence-electron chi connectivity index (χ0n) is 10.6. The fourth-order valence-electron chi connectivity index (χ4n) is 1.38. The summed E-state index contributed by atoms with van der Waals surface area (Å²) >= 11 is 0. The van der Waals surface area contributed by atoms with Gasteiger partial charge in [-0.1, -0.05) is 12.1 Å². The Morgan fingerprint density at radius 2 is 1.15 bits per heavy atom. The van der Waals surface area contributed by atoms with Crippen LogP contribution in [0.15, 0.2) is 42.5 Å². The third kappa shape index (κ3) is 8.74. The standard InChI is InChI=1S/C10H7.C5H5.2CO.Fe/c1-2-6-10-8-4-3-7-9(10)5-1;1-2-4-5-3-1;2*1-2;/h1-7H;1-5H;;;/q-1;;;;+2. The van der Waals surface area contributed by atoms with Gasteiger partial charge in [-0.05, 0) is 32.1 Å². The van der Waals surface area contributed by atoms with E-state index in [1.165, 1.54) is 10.8 Å². The van der Waals surface area contributed by atoms with Crippen molar-refractivity contribution >= 4 is 10.8 Å². The van der Waals surface area contributed by atoms with Crippen molar-refractivity contribution < 1.29 is 26.4 Å². The Kier molecular flexibility index (Phi) is 16.5. The molecule has 0 amide bonds. The van der Waals surface area contributed by atoms with E-state index in [4.69, 9.17) is 9.30 Å². The van der Waals surface area contributed by atoms with Crippen molar-refractivity contribution in [1.29, 1.82) is 0 Å². The van der Waals surface area contributed by atoms with E-state index in [9.17, 15) is 0 Å². The summed E-state index contributed by atoms with van der Waals surface area (Å²) in [7, 11) is 0. The smallest absolute Gasteiger partial charge is 0.147 e. The van der Waals surface area contributed by atoms with Gasteiger partial charge in [0.15, 0.2) is 0 Å². The van der Waals surface area contributed by atoms with Gasteiger partial charge in [0.2, 0.25) is 0 Å². The molecule has 0 aromatic heterocycles. The van der Waals surface area contributed by atoms with Crippen LogP contribution in [0.1, 0.15) is 0 Å². The number of hydrogen-bond acceptors (Lipinski definition) is 0. The summed E-state index contributed by atoms with van der Waals surface area (Å²) in [5.41, 5.74) is 0. The second kappa shape index (κ2) is 15.8. The van der Waals surface area contributed by atoms with E-state index in [1.54, 1.807) is 0 Å². The van der Waals surface area contributed by atoms with E-state index >= 15 is 0 Å². The van der Waals surface area contributed by atoms with Crippen LogP contribution in [0.4, 0.5) is 0 Å². The van der Waals surface area contributed by atoms with E-state index in [-0.39, 0.29) is 17.1 Å². The Morgan fingerprint density at radius 1 is 0.700 bits per heavy atom. The Hall–Kier alpha value is -1.30. The summed E-state index contributed by atoms with van der Waals surface area (Å²) in [6, 6.07) is 17.4.